The number of hydrogen-bond donors (Lipinski definition) is 0. The fraction of sp³-hybridized carbons (Fsp3) is 0.400. The van der Waals surface area contributed by atoms with E-state index >= 15 is 0 Å². The van der Waals surface area contributed by atoms with Crippen LogP contribution in [-0.2, 0) is 12.6 Å². The third-order valence-electron chi connectivity index (χ3n) is 1.78. The molecule has 104 valence electrons. The summed E-state index contributed by atoms with van der Waals surface area (Å²) in [6.07, 6.45) is 0.577. The molecule has 0 unspecified atom stereocenters. The van der Waals surface area contributed by atoms with E-state index in [-0.39, 0.29) is 0 Å². The minimum atomic E-state index is -5.50. The summed E-state index contributed by atoms with van der Waals surface area (Å²) in [5.41, 5.74) is -5.36. The number of rotatable bonds is 5. The molecule has 0 bridgehead atoms. The van der Waals surface area contributed by atoms with Crippen molar-refractivity contribution in [3.8, 4) is 0 Å². The van der Waals surface area contributed by atoms with Gasteiger partial charge in [-0.05, 0) is 0 Å². The van der Waals surface area contributed by atoms with E-state index in [4.69, 9.17) is 0 Å². The van der Waals surface area contributed by atoms with Crippen LogP contribution in [0.15, 0.2) is 30.3 Å². The molecule has 0 aliphatic carbocycles. The van der Waals surface area contributed by atoms with Crippen molar-refractivity contribution in [1.29, 1.82) is 0 Å². The maximum absolute atomic E-state index is 12.3. The van der Waals surface area contributed by atoms with E-state index in [2.05, 4.69) is 2.51 Å². The van der Waals surface area contributed by atoms with Crippen LogP contribution >= 0.6 is 20.2 Å². The third-order valence-corrected chi connectivity index (χ3v) is 9.55. The van der Waals surface area contributed by atoms with Crippen LogP contribution in [-0.4, -0.2) is 18.4 Å². The molecule has 1 aromatic rings. The molecule has 0 atom stereocenters. The van der Waals surface area contributed by atoms with Crippen molar-refractivity contribution in [1.82, 2.24) is 0 Å². The fourth-order valence-electron chi connectivity index (χ4n) is 1.04. The van der Waals surface area contributed by atoms with Gasteiger partial charge in [0, 0.05) is 0 Å². The van der Waals surface area contributed by atoms with Gasteiger partial charge in [0.05, 0.1) is 0 Å². The van der Waals surface area contributed by atoms with Gasteiger partial charge in [0.1, 0.15) is 0 Å². The first-order valence-corrected chi connectivity index (χ1v) is 9.89. The van der Waals surface area contributed by atoms with Crippen LogP contribution in [0.25, 0.3) is 0 Å². The molecule has 0 aliphatic rings. The Labute approximate surface area is 111 Å². The number of halogens is 4. The van der Waals surface area contributed by atoms with Gasteiger partial charge < -0.3 is 0 Å². The molecule has 8 heteroatoms. The fourth-order valence-corrected chi connectivity index (χ4v) is 7.76. The first-order chi connectivity index (χ1) is 8.28. The van der Waals surface area contributed by atoms with Crippen LogP contribution in [0, 0.1) is 3.57 Å². The van der Waals surface area contributed by atoms with Crippen LogP contribution in [0.5, 0.6) is 0 Å². The summed E-state index contributed by atoms with van der Waals surface area (Å²) in [5.74, 6) is 0. The zero-order chi connectivity index (χ0) is 13.8. The molecular weight excluding hydrogens is 384 g/mol. The molecule has 0 saturated carbocycles. The summed E-state index contributed by atoms with van der Waals surface area (Å²) in [6.45, 7) is 1.77. The molecular formula is C10H12F3IO3S. The molecule has 1 rings (SSSR count). The number of hydrogen-bond acceptors (Lipinski definition) is 3. The van der Waals surface area contributed by atoms with Gasteiger partial charge in [-0.1, -0.05) is 0 Å². The predicted octanol–water partition coefficient (Wildman–Crippen LogP) is 3.55. The zero-order valence-electron chi connectivity index (χ0n) is 9.45. The summed E-state index contributed by atoms with van der Waals surface area (Å²) < 4.78 is 64.1. The molecule has 0 N–H and O–H groups in total. The normalized spacial score (nSPS) is 13.4. The Morgan fingerprint density at radius 1 is 1.22 bits per heavy atom. The van der Waals surface area contributed by atoms with Gasteiger partial charge >= 0.3 is 112 Å². The minimum absolute atomic E-state index is 0.350. The summed E-state index contributed by atoms with van der Waals surface area (Å²) in [4.78, 5) is 0. The molecule has 0 saturated heterocycles. The van der Waals surface area contributed by atoms with Crippen molar-refractivity contribution >= 4 is 30.4 Å². The van der Waals surface area contributed by atoms with E-state index in [9.17, 15) is 21.6 Å². The topological polar surface area (TPSA) is 43.4 Å². The predicted molar refractivity (Wildman–Crippen MR) is 70.4 cm³/mol. The van der Waals surface area contributed by atoms with E-state index in [1.807, 2.05) is 0 Å². The van der Waals surface area contributed by atoms with Crippen LogP contribution in [0.2, 0.25) is 0 Å². The van der Waals surface area contributed by atoms with Crippen LogP contribution in [0.4, 0.5) is 13.2 Å². The second kappa shape index (κ2) is 6.20. The zero-order valence-corrected chi connectivity index (χ0v) is 12.4. The Hall–Kier alpha value is -0.350. The third kappa shape index (κ3) is 4.09. The van der Waals surface area contributed by atoms with Gasteiger partial charge in [-0.15, -0.1) is 0 Å². The average molecular weight is 396 g/mol. The Bertz CT molecular complexity index is 473. The molecule has 1 aromatic carbocycles. The van der Waals surface area contributed by atoms with E-state index in [0.29, 0.717) is 14.4 Å². The molecule has 18 heavy (non-hydrogen) atoms. The molecule has 0 amide bonds. The maximum atomic E-state index is 12.3. The number of alkyl halides is 4. The van der Waals surface area contributed by atoms with E-state index in [0.717, 1.165) is 0 Å². The van der Waals surface area contributed by atoms with Gasteiger partial charge in [0.15, 0.2) is 0 Å². The first kappa shape index (κ1) is 15.7. The summed E-state index contributed by atoms with van der Waals surface area (Å²) in [6, 6.07) is 8.22. The molecule has 0 fully saturated rings. The van der Waals surface area contributed by atoms with Gasteiger partial charge in [-0.25, -0.2) is 0 Å². The molecule has 0 spiro atoms. The van der Waals surface area contributed by atoms with Crippen molar-refractivity contribution in [3.63, 3.8) is 0 Å². The van der Waals surface area contributed by atoms with E-state index < -0.39 is 35.9 Å². The van der Waals surface area contributed by atoms with Crippen molar-refractivity contribution in [2.75, 3.05) is 4.43 Å². The van der Waals surface area contributed by atoms with Gasteiger partial charge in [-0.3, -0.25) is 0 Å². The van der Waals surface area contributed by atoms with Crippen molar-refractivity contribution < 1.29 is 24.1 Å². The van der Waals surface area contributed by atoms with Crippen LogP contribution in [0.1, 0.15) is 13.3 Å². The van der Waals surface area contributed by atoms with Crippen LogP contribution < -0.4 is 0 Å². The SMILES string of the molecule is CCCI(OS(=O)(=O)C(F)(F)F)c1ccccc1. The van der Waals surface area contributed by atoms with E-state index in [1.54, 1.807) is 37.3 Å². The van der Waals surface area contributed by atoms with Gasteiger partial charge in [0.25, 0.3) is 0 Å². The second-order valence-corrected chi connectivity index (χ2v) is 9.99. The van der Waals surface area contributed by atoms with Crippen molar-refractivity contribution in [3.05, 3.63) is 33.9 Å². The quantitative estimate of drug-likeness (QED) is 0.435. The summed E-state index contributed by atoms with van der Waals surface area (Å²) >= 11 is -2.82. The Balaban J connectivity index is 2.96. The molecule has 3 nitrogen and oxygen atoms in total. The Kier molecular flexibility index (Phi) is 5.41. The van der Waals surface area contributed by atoms with Crippen LogP contribution in [0.3, 0.4) is 0 Å². The van der Waals surface area contributed by atoms with Crippen molar-refractivity contribution in [2.45, 2.75) is 18.9 Å². The number of benzene rings is 1. The first-order valence-electron chi connectivity index (χ1n) is 5.00. The molecule has 0 radical (unpaired) electrons. The van der Waals surface area contributed by atoms with E-state index in [1.165, 1.54) is 0 Å². The molecule has 0 aromatic heterocycles. The average Bonchev–Trinajstić information content (AvgIpc) is 2.28. The Morgan fingerprint density at radius 3 is 2.22 bits per heavy atom. The molecule has 0 aliphatic heterocycles. The monoisotopic (exact) mass is 396 g/mol. The summed E-state index contributed by atoms with van der Waals surface area (Å²) in [7, 11) is -5.50. The Morgan fingerprint density at radius 2 is 1.78 bits per heavy atom. The second-order valence-electron chi connectivity index (χ2n) is 3.27. The van der Waals surface area contributed by atoms with Gasteiger partial charge in [-0.2, -0.15) is 0 Å². The standard InChI is InChI=1S/C10H12F3IO3S/c1-2-8-14(9-6-4-3-5-7-9)17-18(15,16)10(11,12)13/h3-7H,2,8H2,1H3. The van der Waals surface area contributed by atoms with Crippen molar-refractivity contribution in [2.24, 2.45) is 0 Å². The van der Waals surface area contributed by atoms with Gasteiger partial charge in [0.2, 0.25) is 0 Å². The summed E-state index contributed by atoms with van der Waals surface area (Å²) in [5, 5.41) is 0. The molecule has 0 heterocycles.